The topological polar surface area (TPSA) is 79.3 Å². The predicted molar refractivity (Wildman–Crippen MR) is 95.7 cm³/mol. The van der Waals surface area contributed by atoms with Gasteiger partial charge in [0.25, 0.3) is 5.91 Å². The van der Waals surface area contributed by atoms with E-state index in [0.717, 1.165) is 12.8 Å². The molecule has 2 aliphatic rings. The molecule has 1 aromatic rings. The van der Waals surface area contributed by atoms with Gasteiger partial charge in [0.15, 0.2) is 0 Å². The monoisotopic (exact) mass is 385 g/mol. The van der Waals surface area contributed by atoms with E-state index in [0.29, 0.717) is 43.6 Å². The molecule has 0 atom stereocenters. The van der Waals surface area contributed by atoms with E-state index in [-0.39, 0.29) is 4.90 Å². The van der Waals surface area contributed by atoms with E-state index in [4.69, 9.17) is 16.3 Å². The van der Waals surface area contributed by atoms with E-state index in [1.807, 2.05) is 6.92 Å². The van der Waals surface area contributed by atoms with Gasteiger partial charge >= 0.3 is 0 Å². The molecule has 2 aliphatic heterocycles. The Hall–Kier alpha value is -1.64. The second-order valence-electron chi connectivity index (χ2n) is 5.90. The number of carbonyl (C=O) groups is 1. The number of nitrogens with zero attached hydrogens (tertiary/aromatic N) is 3. The van der Waals surface area contributed by atoms with Crippen molar-refractivity contribution in [2.75, 3.05) is 37.9 Å². The number of hydrogen-bond donors (Lipinski definition) is 0. The molecule has 0 saturated carbocycles. The first-order valence-corrected chi connectivity index (χ1v) is 10.1. The maximum atomic E-state index is 13.0. The lowest BCUT2D eigenvalue weighted by molar-refractivity contribution is -0.127. The molecular weight excluding hydrogens is 366 g/mol. The van der Waals surface area contributed by atoms with E-state index in [1.54, 1.807) is 17.1 Å². The average Bonchev–Trinajstić information content (AvgIpc) is 2.61. The van der Waals surface area contributed by atoms with Crippen LogP contribution in [0.15, 0.2) is 28.2 Å². The molecule has 3 rings (SSSR count). The minimum atomic E-state index is -4.02. The standard InChI is InChI=1S/C16H20ClN3O4S/c1-2-3-6-20-13-5-4-12(17)11-14(13)25(22,23)15(18-20)16(21)19-7-9-24-10-8-19/h4-5,11H,2-3,6-10H2,1H3. The molecule has 1 amide bonds. The van der Waals surface area contributed by atoms with Gasteiger partial charge in [-0.2, -0.15) is 5.10 Å². The van der Waals surface area contributed by atoms with E-state index in [1.165, 1.54) is 11.0 Å². The van der Waals surface area contributed by atoms with Crippen LogP contribution in [0.4, 0.5) is 5.69 Å². The third kappa shape index (κ3) is 3.51. The number of hydrogen-bond acceptors (Lipinski definition) is 6. The van der Waals surface area contributed by atoms with Crippen molar-refractivity contribution in [1.82, 2.24) is 4.90 Å². The van der Waals surface area contributed by atoms with Crippen LogP contribution in [0.3, 0.4) is 0 Å². The van der Waals surface area contributed by atoms with Crippen molar-refractivity contribution in [3.63, 3.8) is 0 Å². The minimum Gasteiger partial charge on any atom is -0.378 e. The Bertz CT molecular complexity index is 804. The van der Waals surface area contributed by atoms with Gasteiger partial charge in [0.1, 0.15) is 4.90 Å². The largest absolute Gasteiger partial charge is 0.378 e. The van der Waals surface area contributed by atoms with E-state index in [9.17, 15) is 13.2 Å². The van der Waals surface area contributed by atoms with Crippen LogP contribution in [0.1, 0.15) is 19.8 Å². The molecule has 0 N–H and O–H groups in total. The Morgan fingerprint density at radius 3 is 2.72 bits per heavy atom. The molecule has 1 saturated heterocycles. The zero-order chi connectivity index (χ0) is 18.0. The zero-order valence-corrected chi connectivity index (χ0v) is 15.5. The van der Waals surface area contributed by atoms with Crippen molar-refractivity contribution in [2.24, 2.45) is 5.10 Å². The average molecular weight is 386 g/mol. The van der Waals surface area contributed by atoms with Crippen LogP contribution in [0.2, 0.25) is 5.02 Å². The van der Waals surface area contributed by atoms with Gasteiger partial charge in [-0.25, -0.2) is 8.42 Å². The number of sulfone groups is 1. The summed E-state index contributed by atoms with van der Waals surface area (Å²) in [4.78, 5) is 14.3. The Morgan fingerprint density at radius 1 is 1.32 bits per heavy atom. The maximum absolute atomic E-state index is 13.0. The molecule has 0 radical (unpaired) electrons. The Kier molecular flexibility index (Phi) is 5.31. The highest BCUT2D eigenvalue weighted by Gasteiger charge is 2.39. The number of ether oxygens (including phenoxy) is 1. The van der Waals surface area contributed by atoms with E-state index < -0.39 is 20.8 Å². The van der Waals surface area contributed by atoms with Crippen LogP contribution in [0.5, 0.6) is 0 Å². The van der Waals surface area contributed by atoms with Crippen LogP contribution in [0.25, 0.3) is 0 Å². The minimum absolute atomic E-state index is 0.0303. The maximum Gasteiger partial charge on any atom is 0.286 e. The molecule has 0 aromatic heterocycles. The molecule has 25 heavy (non-hydrogen) atoms. The van der Waals surface area contributed by atoms with Gasteiger partial charge in [0.2, 0.25) is 14.9 Å². The fourth-order valence-electron chi connectivity index (χ4n) is 2.78. The Balaban J connectivity index is 2.04. The van der Waals surface area contributed by atoms with Crippen molar-refractivity contribution in [2.45, 2.75) is 24.7 Å². The molecule has 0 bridgehead atoms. The van der Waals surface area contributed by atoms with Crippen LogP contribution in [0, 0.1) is 0 Å². The number of rotatable bonds is 4. The van der Waals surface area contributed by atoms with Crippen molar-refractivity contribution in [1.29, 1.82) is 0 Å². The number of hydrazone groups is 1. The lowest BCUT2D eigenvalue weighted by Crippen LogP contribution is -2.47. The van der Waals surface area contributed by atoms with E-state index >= 15 is 0 Å². The molecule has 0 unspecified atom stereocenters. The van der Waals surface area contributed by atoms with Gasteiger partial charge < -0.3 is 9.64 Å². The summed E-state index contributed by atoms with van der Waals surface area (Å²) in [5.41, 5.74) is 0.455. The second kappa shape index (κ2) is 7.31. The number of anilines is 1. The van der Waals surface area contributed by atoms with Crippen molar-refractivity contribution in [3.05, 3.63) is 23.2 Å². The molecule has 1 aromatic carbocycles. The molecule has 0 spiro atoms. The molecule has 2 heterocycles. The van der Waals surface area contributed by atoms with Crippen molar-refractivity contribution < 1.29 is 17.9 Å². The van der Waals surface area contributed by atoms with Gasteiger partial charge in [-0.15, -0.1) is 0 Å². The first-order chi connectivity index (χ1) is 11.9. The molecule has 9 heteroatoms. The van der Waals surface area contributed by atoms with Gasteiger partial charge in [-0.1, -0.05) is 24.9 Å². The van der Waals surface area contributed by atoms with E-state index in [2.05, 4.69) is 5.10 Å². The predicted octanol–water partition coefficient (Wildman–Crippen LogP) is 1.91. The Morgan fingerprint density at radius 2 is 2.04 bits per heavy atom. The van der Waals surface area contributed by atoms with Crippen LogP contribution >= 0.6 is 11.6 Å². The van der Waals surface area contributed by atoms with Crippen LogP contribution in [-0.2, 0) is 19.4 Å². The highest BCUT2D eigenvalue weighted by molar-refractivity contribution is 8.08. The third-order valence-electron chi connectivity index (χ3n) is 4.16. The van der Waals surface area contributed by atoms with Crippen molar-refractivity contribution in [3.8, 4) is 0 Å². The summed E-state index contributed by atoms with van der Waals surface area (Å²) in [7, 11) is -4.02. The summed E-state index contributed by atoms with van der Waals surface area (Å²) in [5.74, 6) is -0.588. The lowest BCUT2D eigenvalue weighted by atomic mass is 10.2. The van der Waals surface area contributed by atoms with Gasteiger partial charge in [0.05, 0.1) is 18.9 Å². The fourth-order valence-corrected chi connectivity index (χ4v) is 4.52. The molecule has 0 aliphatic carbocycles. The first kappa shape index (κ1) is 18.2. The molecule has 136 valence electrons. The smallest absolute Gasteiger partial charge is 0.286 e. The highest BCUT2D eigenvalue weighted by atomic mass is 35.5. The highest BCUT2D eigenvalue weighted by Crippen LogP contribution is 2.34. The van der Waals surface area contributed by atoms with Crippen molar-refractivity contribution >= 4 is 38.1 Å². The molecular formula is C16H20ClN3O4S. The number of halogens is 1. The lowest BCUT2D eigenvalue weighted by Gasteiger charge is -2.31. The fraction of sp³-hybridized carbons (Fsp3) is 0.500. The molecule has 7 nitrogen and oxygen atoms in total. The van der Waals surface area contributed by atoms with Crippen LogP contribution in [-0.4, -0.2) is 57.1 Å². The number of carbonyl (C=O) groups excluding carboxylic acids is 1. The summed E-state index contributed by atoms with van der Waals surface area (Å²) < 4.78 is 31.2. The summed E-state index contributed by atoms with van der Waals surface area (Å²) in [6.45, 7) is 4.05. The SMILES string of the molecule is CCCCN1N=C(C(=O)N2CCOCC2)S(=O)(=O)c2cc(Cl)ccc21. The third-order valence-corrected chi connectivity index (χ3v) is 6.07. The number of benzene rings is 1. The summed E-state index contributed by atoms with van der Waals surface area (Å²) in [5, 5.41) is 5.65. The quantitative estimate of drug-likeness (QED) is 0.791. The Labute approximate surface area is 152 Å². The van der Waals surface area contributed by atoms with Gasteiger partial charge in [0, 0.05) is 24.7 Å². The summed E-state index contributed by atoms with van der Waals surface area (Å²) in [6.07, 6.45) is 1.75. The zero-order valence-electron chi connectivity index (χ0n) is 13.9. The number of morpholine rings is 1. The van der Waals surface area contributed by atoms with Gasteiger partial charge in [-0.05, 0) is 24.6 Å². The number of amides is 1. The second-order valence-corrected chi connectivity index (χ2v) is 8.17. The number of unbranched alkanes of at least 4 members (excludes halogenated alkanes) is 1. The van der Waals surface area contributed by atoms with Gasteiger partial charge in [-0.3, -0.25) is 9.80 Å². The summed E-state index contributed by atoms with van der Waals surface area (Å²) >= 11 is 6.00. The van der Waals surface area contributed by atoms with Crippen LogP contribution < -0.4 is 5.01 Å². The summed E-state index contributed by atoms with van der Waals surface area (Å²) in [6, 6.07) is 4.63. The number of fused-ring (bicyclic) bond motifs is 1. The first-order valence-electron chi connectivity index (χ1n) is 8.23. The molecule has 1 fully saturated rings. The normalized spacial score (nSPS) is 19.4.